The monoisotopic (exact) mass is 782 g/mol. The molecule has 54 heavy (non-hydrogen) atoms. The van der Waals surface area contributed by atoms with E-state index < -0.39 is 26.1 Å². The highest BCUT2D eigenvalue weighted by Gasteiger charge is 2.28. The Hall–Kier alpha value is -1.91. The highest BCUT2D eigenvalue weighted by molar-refractivity contribution is 7.47. The molecule has 0 bridgehead atoms. The molecule has 0 radical (unpaired) electrons. The second kappa shape index (κ2) is 30.3. The van der Waals surface area contributed by atoms with Gasteiger partial charge in [-0.2, -0.15) is 0 Å². The highest BCUT2D eigenvalue weighted by atomic mass is 31.2. The van der Waals surface area contributed by atoms with Crippen molar-refractivity contribution in [2.75, 3.05) is 40.9 Å². The largest absolute Gasteiger partial charge is 0.472 e. The van der Waals surface area contributed by atoms with Gasteiger partial charge in [0, 0.05) is 12.3 Å². The Morgan fingerprint density at radius 3 is 2.11 bits per heavy atom. The van der Waals surface area contributed by atoms with Crippen LogP contribution in [0.3, 0.4) is 0 Å². The molecule has 1 aliphatic carbocycles. The van der Waals surface area contributed by atoms with E-state index in [1.807, 2.05) is 51.5 Å². The van der Waals surface area contributed by atoms with Crippen LogP contribution in [-0.2, 0) is 23.2 Å². The van der Waals surface area contributed by atoms with E-state index in [0.29, 0.717) is 36.7 Å². The van der Waals surface area contributed by atoms with Crippen molar-refractivity contribution in [3.05, 3.63) is 48.6 Å². The summed E-state index contributed by atoms with van der Waals surface area (Å²) in [6.07, 6.45) is 33.7. The fraction of sp³-hybridized carbons (Fsp3) is 0.767. The first-order chi connectivity index (χ1) is 25.8. The number of ketones is 1. The lowest BCUT2D eigenvalue weighted by atomic mass is 9.90. The van der Waals surface area contributed by atoms with Gasteiger partial charge in [0.05, 0.1) is 46.0 Å². The minimum atomic E-state index is -4.39. The Morgan fingerprint density at radius 2 is 1.46 bits per heavy atom. The average Bonchev–Trinajstić information content (AvgIpc) is 3.46. The molecular formula is C43H78N2O8P+. The quantitative estimate of drug-likeness (QED) is 0.0220. The predicted molar refractivity (Wildman–Crippen MR) is 221 cm³/mol. The van der Waals surface area contributed by atoms with E-state index >= 15 is 0 Å². The number of rotatable bonds is 34. The normalized spacial score (nSPS) is 19.3. The van der Waals surface area contributed by atoms with Crippen LogP contribution in [0.2, 0.25) is 0 Å². The zero-order valence-electron chi connectivity index (χ0n) is 34.5. The van der Waals surface area contributed by atoms with Crippen LogP contribution < -0.4 is 5.32 Å². The van der Waals surface area contributed by atoms with Crippen molar-refractivity contribution >= 4 is 19.5 Å². The summed E-state index contributed by atoms with van der Waals surface area (Å²) in [4.78, 5) is 35.6. The molecule has 0 heterocycles. The lowest BCUT2D eigenvalue weighted by molar-refractivity contribution is -0.870. The minimum Gasteiger partial charge on any atom is -0.389 e. The van der Waals surface area contributed by atoms with Gasteiger partial charge in [0.1, 0.15) is 13.2 Å². The predicted octanol–water partition coefficient (Wildman–Crippen LogP) is 8.91. The van der Waals surface area contributed by atoms with Gasteiger partial charge in [-0.15, -0.1) is 0 Å². The minimum absolute atomic E-state index is 0.0240. The Bertz CT molecular complexity index is 1160. The molecule has 6 atom stereocenters. The number of aliphatic hydroxyl groups is 2. The molecule has 4 N–H and O–H groups in total. The lowest BCUT2D eigenvalue weighted by Gasteiger charge is -2.25. The number of phosphoric acid groups is 1. The second-order valence-corrected chi connectivity index (χ2v) is 17.5. The van der Waals surface area contributed by atoms with E-state index in [1.54, 1.807) is 18.2 Å². The third-order valence-corrected chi connectivity index (χ3v) is 10.8. The number of carbonyl (C=O) groups excluding carboxylic acids is 2. The van der Waals surface area contributed by atoms with E-state index in [4.69, 9.17) is 9.05 Å². The number of likely N-dealkylation sites (N-methyl/N-ethyl adjacent to an activating group) is 1. The summed E-state index contributed by atoms with van der Waals surface area (Å²) in [5.41, 5.74) is 0. The maximum absolute atomic E-state index is 12.9. The molecule has 1 rings (SSSR count). The third-order valence-electron chi connectivity index (χ3n) is 9.79. The van der Waals surface area contributed by atoms with Crippen molar-refractivity contribution in [3.8, 4) is 0 Å². The molecule has 0 saturated carbocycles. The molecule has 10 nitrogen and oxygen atoms in total. The maximum Gasteiger partial charge on any atom is 0.472 e. The number of unbranched alkanes of at least 4 members (excludes halogenated alkanes) is 14. The molecule has 11 heteroatoms. The van der Waals surface area contributed by atoms with E-state index in [-0.39, 0.29) is 43.2 Å². The first-order valence-corrected chi connectivity index (χ1v) is 22.6. The highest BCUT2D eigenvalue weighted by Crippen LogP contribution is 2.43. The standard InChI is InChI=1S/C43H77N2O8P/c1-6-8-10-11-12-13-14-15-16-17-18-19-24-28-42(48)40(36-53-54(50,51)52-35-34-45(3,4)5)44-43(49)29-25-21-20-23-26-37-30-33-41(47)39(37)32-31-38(46)27-22-9-7-2/h20,23-24,28,30-33,37-40,42,46,48H,6-19,21-22,25-27,29,34-36H2,1-5H3,(H-,44,49,50,51)/p+1/b23-20-,28-24+,32-31+/t37-,38-,39+,40-,42+/m0/s1. The Morgan fingerprint density at radius 1 is 0.852 bits per heavy atom. The van der Waals surface area contributed by atoms with E-state index in [0.717, 1.165) is 38.5 Å². The van der Waals surface area contributed by atoms with Crippen LogP contribution >= 0.6 is 7.82 Å². The van der Waals surface area contributed by atoms with Crippen molar-refractivity contribution < 1.29 is 42.8 Å². The summed E-state index contributed by atoms with van der Waals surface area (Å²) < 4.78 is 23.5. The van der Waals surface area contributed by atoms with Gasteiger partial charge in [-0.05, 0) is 50.5 Å². The SMILES string of the molecule is CCCCCCCCCCCCC/C=C/[C@@H](O)[C@H](COP(=O)(O)OCC[N+](C)(C)C)NC(=O)CCC/C=C\C[C@H]1C=CC(=O)[C@@H]1/C=C/[C@@H](O)CCCCC. The molecule has 312 valence electrons. The smallest absolute Gasteiger partial charge is 0.389 e. The lowest BCUT2D eigenvalue weighted by Crippen LogP contribution is -2.45. The summed E-state index contributed by atoms with van der Waals surface area (Å²) in [5.74, 6) is -0.459. The molecule has 0 aliphatic heterocycles. The number of hydrogen-bond donors (Lipinski definition) is 4. The van der Waals surface area contributed by atoms with Crippen LogP contribution in [-0.4, -0.2) is 90.4 Å². The van der Waals surface area contributed by atoms with Crippen LogP contribution in [0.5, 0.6) is 0 Å². The van der Waals surface area contributed by atoms with Gasteiger partial charge in [-0.3, -0.25) is 18.6 Å². The van der Waals surface area contributed by atoms with Gasteiger partial charge in [0.2, 0.25) is 5.91 Å². The van der Waals surface area contributed by atoms with Crippen LogP contribution in [0, 0.1) is 11.8 Å². The summed E-state index contributed by atoms with van der Waals surface area (Å²) in [7, 11) is 1.44. The number of allylic oxidation sites excluding steroid dienone is 6. The van der Waals surface area contributed by atoms with Gasteiger partial charge in [0.25, 0.3) is 0 Å². The number of nitrogens with zero attached hydrogens (tertiary/aromatic N) is 1. The molecule has 0 saturated heterocycles. The first kappa shape index (κ1) is 50.1. The number of amides is 1. The van der Waals surface area contributed by atoms with Crippen LogP contribution in [0.25, 0.3) is 0 Å². The van der Waals surface area contributed by atoms with Gasteiger partial charge in [-0.25, -0.2) is 4.57 Å². The number of phosphoric ester groups is 1. The number of hydrogen-bond acceptors (Lipinski definition) is 7. The van der Waals surface area contributed by atoms with Gasteiger partial charge in [-0.1, -0.05) is 140 Å². The summed E-state index contributed by atoms with van der Waals surface area (Å²) in [6.45, 7) is 4.51. The van der Waals surface area contributed by atoms with Crippen molar-refractivity contribution in [1.82, 2.24) is 5.32 Å². The van der Waals surface area contributed by atoms with E-state index in [2.05, 4.69) is 19.2 Å². The van der Waals surface area contributed by atoms with Gasteiger partial charge >= 0.3 is 7.82 Å². The van der Waals surface area contributed by atoms with Gasteiger partial charge < -0.3 is 24.9 Å². The molecule has 1 amide bonds. The molecule has 0 spiro atoms. The van der Waals surface area contributed by atoms with Crippen molar-refractivity contribution in [2.45, 2.75) is 161 Å². The molecule has 0 aromatic rings. The molecule has 1 aliphatic rings. The molecule has 0 aromatic heterocycles. The Balaban J connectivity index is 2.57. The van der Waals surface area contributed by atoms with E-state index in [9.17, 15) is 29.3 Å². The topological polar surface area (TPSA) is 142 Å². The Labute approximate surface area is 328 Å². The zero-order valence-corrected chi connectivity index (χ0v) is 35.4. The fourth-order valence-corrected chi connectivity index (χ4v) is 7.00. The zero-order chi connectivity index (χ0) is 40.1. The summed E-state index contributed by atoms with van der Waals surface area (Å²) in [5, 5.41) is 24.0. The second-order valence-electron chi connectivity index (χ2n) is 16.0. The van der Waals surface area contributed by atoms with Crippen LogP contribution in [0.15, 0.2) is 48.6 Å². The van der Waals surface area contributed by atoms with Crippen molar-refractivity contribution in [3.63, 3.8) is 0 Å². The average molecular weight is 782 g/mol. The third kappa shape index (κ3) is 26.8. The molecule has 0 fully saturated rings. The summed E-state index contributed by atoms with van der Waals surface area (Å²) in [6, 6.07) is -0.925. The maximum atomic E-state index is 12.9. The molecule has 0 aromatic carbocycles. The van der Waals surface area contributed by atoms with Crippen LogP contribution in [0.1, 0.15) is 142 Å². The molecule has 1 unspecified atom stereocenters. The number of nitrogens with one attached hydrogen (secondary N) is 1. The number of aliphatic hydroxyl groups excluding tert-OH is 2. The van der Waals surface area contributed by atoms with Gasteiger partial charge in [0.15, 0.2) is 5.78 Å². The first-order valence-electron chi connectivity index (χ1n) is 21.1. The van der Waals surface area contributed by atoms with Crippen molar-refractivity contribution in [2.24, 2.45) is 11.8 Å². The van der Waals surface area contributed by atoms with Crippen molar-refractivity contribution in [1.29, 1.82) is 0 Å². The molecular weight excluding hydrogens is 703 g/mol. The number of carbonyl (C=O) groups is 2. The summed E-state index contributed by atoms with van der Waals surface area (Å²) >= 11 is 0. The Kier molecular flexibility index (Phi) is 28.1. The number of quaternary nitrogens is 1. The fourth-order valence-electron chi connectivity index (χ4n) is 6.26. The van der Waals surface area contributed by atoms with E-state index in [1.165, 1.54) is 57.8 Å². The van der Waals surface area contributed by atoms with Crippen LogP contribution in [0.4, 0.5) is 0 Å².